The highest BCUT2D eigenvalue weighted by atomic mass is 16.5. The molecule has 1 spiro atoms. The highest BCUT2D eigenvalue weighted by Crippen LogP contribution is 2.40. The van der Waals surface area contributed by atoms with Gasteiger partial charge in [0.05, 0.1) is 13.7 Å². The molecule has 8 heteroatoms. The van der Waals surface area contributed by atoms with E-state index in [9.17, 15) is 14.4 Å². The standard InChI is InChI=1S/C30H37N3O5/c1-3-38-26-12-8-7-11-24(26)13-14-27(34)32-18-15-30(16-19-32)17-20-33(22-30)29(36)31-25(28(35)37-2)21-23-9-5-4-6-10-23/h4-14,25H,3,15-22H2,1-2H3,(H,31,36). The number of urea groups is 1. The van der Waals surface area contributed by atoms with Crippen molar-refractivity contribution in [1.29, 1.82) is 0 Å². The molecule has 2 aromatic rings. The molecule has 4 rings (SSSR count). The summed E-state index contributed by atoms with van der Waals surface area (Å²) >= 11 is 0. The van der Waals surface area contributed by atoms with Gasteiger partial charge in [-0.1, -0.05) is 48.5 Å². The zero-order valence-corrected chi connectivity index (χ0v) is 22.2. The van der Waals surface area contributed by atoms with E-state index < -0.39 is 12.0 Å². The molecule has 2 saturated heterocycles. The van der Waals surface area contributed by atoms with E-state index >= 15 is 0 Å². The molecule has 1 N–H and O–H groups in total. The largest absolute Gasteiger partial charge is 0.493 e. The first kappa shape index (κ1) is 27.2. The number of likely N-dealkylation sites (tertiary alicyclic amines) is 2. The number of nitrogens with zero attached hydrogens (tertiary/aromatic N) is 2. The fraction of sp³-hybridized carbons (Fsp3) is 0.433. The van der Waals surface area contributed by atoms with Crippen LogP contribution >= 0.6 is 0 Å². The zero-order chi connectivity index (χ0) is 27.0. The normalized spacial score (nSPS) is 17.4. The third kappa shape index (κ3) is 6.73. The first-order valence-electron chi connectivity index (χ1n) is 13.3. The predicted octanol–water partition coefficient (Wildman–Crippen LogP) is 3.91. The Bertz CT molecular complexity index is 1140. The highest BCUT2D eigenvalue weighted by molar-refractivity contribution is 5.92. The number of rotatable bonds is 8. The molecule has 2 aliphatic heterocycles. The lowest BCUT2D eigenvalue weighted by Crippen LogP contribution is -2.50. The molecule has 1 atom stereocenters. The minimum atomic E-state index is -0.745. The second-order valence-corrected chi connectivity index (χ2v) is 10.0. The van der Waals surface area contributed by atoms with E-state index in [-0.39, 0.29) is 17.4 Å². The maximum atomic E-state index is 13.1. The van der Waals surface area contributed by atoms with Gasteiger partial charge < -0.3 is 24.6 Å². The van der Waals surface area contributed by atoms with Gasteiger partial charge >= 0.3 is 12.0 Å². The molecule has 0 bridgehead atoms. The Morgan fingerprint density at radius 1 is 0.974 bits per heavy atom. The van der Waals surface area contributed by atoms with Gasteiger partial charge in [-0.3, -0.25) is 4.79 Å². The molecule has 0 aliphatic carbocycles. The van der Waals surface area contributed by atoms with E-state index in [4.69, 9.17) is 9.47 Å². The van der Waals surface area contributed by atoms with Gasteiger partial charge in [0.15, 0.2) is 0 Å². The molecule has 0 radical (unpaired) electrons. The SMILES string of the molecule is CCOc1ccccc1C=CC(=O)N1CCC2(CC1)CCN(C(=O)NC(Cc1ccccc1)C(=O)OC)C2. The summed E-state index contributed by atoms with van der Waals surface area (Å²) in [6, 6.07) is 16.3. The Hall–Kier alpha value is -3.81. The van der Waals surface area contributed by atoms with Crippen molar-refractivity contribution < 1.29 is 23.9 Å². The van der Waals surface area contributed by atoms with Crippen molar-refractivity contribution in [2.24, 2.45) is 5.41 Å². The van der Waals surface area contributed by atoms with Crippen molar-refractivity contribution in [2.45, 2.75) is 38.6 Å². The predicted molar refractivity (Wildman–Crippen MR) is 146 cm³/mol. The molecule has 3 amide bonds. The Kier molecular flexibility index (Phi) is 9.05. The van der Waals surface area contributed by atoms with Gasteiger partial charge in [-0.05, 0) is 49.3 Å². The Balaban J connectivity index is 1.30. The average molecular weight is 520 g/mol. The van der Waals surface area contributed by atoms with Crippen molar-refractivity contribution in [2.75, 3.05) is 39.9 Å². The van der Waals surface area contributed by atoms with Crippen molar-refractivity contribution in [3.8, 4) is 5.75 Å². The lowest BCUT2D eigenvalue weighted by atomic mass is 9.78. The van der Waals surface area contributed by atoms with Gasteiger partial charge in [0, 0.05) is 44.2 Å². The number of amides is 3. The number of nitrogens with one attached hydrogen (secondary N) is 1. The molecular formula is C30H37N3O5. The first-order chi connectivity index (χ1) is 18.4. The summed E-state index contributed by atoms with van der Waals surface area (Å²) in [5, 5.41) is 2.88. The molecule has 0 aromatic heterocycles. The van der Waals surface area contributed by atoms with Gasteiger partial charge in [0.2, 0.25) is 5.91 Å². The topological polar surface area (TPSA) is 88.2 Å². The van der Waals surface area contributed by atoms with Gasteiger partial charge in [-0.15, -0.1) is 0 Å². The van der Waals surface area contributed by atoms with Crippen LogP contribution in [0.2, 0.25) is 0 Å². The smallest absolute Gasteiger partial charge is 0.328 e. The number of benzene rings is 2. The number of esters is 1. The van der Waals surface area contributed by atoms with E-state index in [0.717, 1.165) is 36.1 Å². The van der Waals surface area contributed by atoms with Crippen LogP contribution in [0.3, 0.4) is 0 Å². The van der Waals surface area contributed by atoms with E-state index in [0.29, 0.717) is 39.2 Å². The molecule has 2 aliphatic rings. The maximum Gasteiger partial charge on any atom is 0.328 e. The molecule has 1 unspecified atom stereocenters. The van der Waals surface area contributed by atoms with E-state index in [1.165, 1.54) is 7.11 Å². The Labute approximate surface area is 224 Å². The van der Waals surface area contributed by atoms with Crippen molar-refractivity contribution in [3.05, 3.63) is 71.8 Å². The summed E-state index contributed by atoms with van der Waals surface area (Å²) < 4.78 is 10.6. The Morgan fingerprint density at radius 2 is 1.63 bits per heavy atom. The number of carbonyl (C=O) groups excluding carboxylic acids is 3. The van der Waals surface area contributed by atoms with E-state index in [1.54, 1.807) is 11.0 Å². The number of methoxy groups -OCH3 is 1. The van der Waals surface area contributed by atoms with Crippen LogP contribution in [-0.2, 0) is 20.7 Å². The third-order valence-electron chi connectivity index (χ3n) is 7.55. The average Bonchev–Trinajstić information content (AvgIpc) is 3.36. The Morgan fingerprint density at radius 3 is 2.32 bits per heavy atom. The van der Waals surface area contributed by atoms with Crippen molar-refractivity contribution in [1.82, 2.24) is 15.1 Å². The third-order valence-corrected chi connectivity index (χ3v) is 7.55. The van der Waals surface area contributed by atoms with Crippen LogP contribution in [0.25, 0.3) is 6.08 Å². The molecule has 0 saturated carbocycles. The molecule has 2 fully saturated rings. The van der Waals surface area contributed by atoms with E-state index in [1.807, 2.05) is 72.5 Å². The van der Waals surface area contributed by atoms with Crippen LogP contribution in [0.1, 0.15) is 37.3 Å². The maximum absolute atomic E-state index is 13.1. The number of carbonyl (C=O) groups is 3. The van der Waals surface area contributed by atoms with Gasteiger partial charge in [0.25, 0.3) is 0 Å². The number of ether oxygens (including phenoxy) is 2. The molecule has 38 heavy (non-hydrogen) atoms. The molecule has 8 nitrogen and oxygen atoms in total. The van der Waals surface area contributed by atoms with Crippen LogP contribution in [0.15, 0.2) is 60.7 Å². The number of para-hydroxylation sites is 1. The van der Waals surface area contributed by atoms with Crippen LogP contribution in [0.5, 0.6) is 5.75 Å². The monoisotopic (exact) mass is 519 g/mol. The summed E-state index contributed by atoms with van der Waals surface area (Å²) in [7, 11) is 1.33. The van der Waals surface area contributed by atoms with Crippen LogP contribution in [-0.4, -0.2) is 73.6 Å². The quantitative estimate of drug-likeness (QED) is 0.422. The summed E-state index contributed by atoms with van der Waals surface area (Å²) in [6.45, 7) is 5.07. The first-order valence-corrected chi connectivity index (χ1v) is 13.3. The lowest BCUT2D eigenvalue weighted by molar-refractivity contribution is -0.142. The molecule has 2 heterocycles. The summed E-state index contributed by atoms with van der Waals surface area (Å²) in [6.07, 6.45) is 6.38. The fourth-order valence-corrected chi connectivity index (χ4v) is 5.32. The van der Waals surface area contributed by atoms with Crippen LogP contribution in [0.4, 0.5) is 4.79 Å². The van der Waals surface area contributed by atoms with Gasteiger partial charge in [-0.2, -0.15) is 0 Å². The molecular weight excluding hydrogens is 482 g/mol. The molecule has 2 aromatic carbocycles. The highest BCUT2D eigenvalue weighted by Gasteiger charge is 2.43. The lowest BCUT2D eigenvalue weighted by Gasteiger charge is -2.39. The van der Waals surface area contributed by atoms with E-state index in [2.05, 4.69) is 5.32 Å². The number of hydrogen-bond acceptors (Lipinski definition) is 5. The minimum absolute atomic E-state index is 0.000405. The van der Waals surface area contributed by atoms with Gasteiger partial charge in [-0.25, -0.2) is 9.59 Å². The zero-order valence-electron chi connectivity index (χ0n) is 22.2. The molecule has 202 valence electrons. The van der Waals surface area contributed by atoms with Crippen LogP contribution < -0.4 is 10.1 Å². The minimum Gasteiger partial charge on any atom is -0.493 e. The fourth-order valence-electron chi connectivity index (χ4n) is 5.32. The second kappa shape index (κ2) is 12.6. The van der Waals surface area contributed by atoms with Crippen molar-refractivity contribution >= 4 is 24.0 Å². The number of piperidine rings is 1. The number of hydrogen-bond donors (Lipinski definition) is 1. The summed E-state index contributed by atoms with van der Waals surface area (Å²) in [5.74, 6) is 0.291. The van der Waals surface area contributed by atoms with Crippen LogP contribution in [0, 0.1) is 5.41 Å². The van der Waals surface area contributed by atoms with Gasteiger partial charge in [0.1, 0.15) is 11.8 Å². The second-order valence-electron chi connectivity index (χ2n) is 10.0. The summed E-state index contributed by atoms with van der Waals surface area (Å²) in [4.78, 5) is 42.0. The summed E-state index contributed by atoms with van der Waals surface area (Å²) in [5.41, 5.74) is 1.83. The van der Waals surface area contributed by atoms with Crippen molar-refractivity contribution in [3.63, 3.8) is 0 Å².